The predicted molar refractivity (Wildman–Crippen MR) is 138 cm³/mol. The van der Waals surface area contributed by atoms with Crippen molar-refractivity contribution in [2.24, 2.45) is 23.2 Å². The lowest BCUT2D eigenvalue weighted by Crippen LogP contribution is -2.53. The maximum Gasteiger partial charge on any atom is 0.0413 e. The molecular formula is C26H42ClN3S. The van der Waals surface area contributed by atoms with Crippen molar-refractivity contribution in [1.29, 1.82) is 0 Å². The molecule has 1 saturated heterocycles. The molecule has 1 heterocycles. The van der Waals surface area contributed by atoms with Gasteiger partial charge in [0.25, 0.3) is 0 Å². The Balaban J connectivity index is 1.52. The minimum atomic E-state index is 0.320. The molecule has 5 heteroatoms. The summed E-state index contributed by atoms with van der Waals surface area (Å²) in [5, 5.41) is 5.34. The van der Waals surface area contributed by atoms with Crippen LogP contribution in [0.3, 0.4) is 0 Å². The summed E-state index contributed by atoms with van der Waals surface area (Å²) >= 11 is 7.97. The average molecular weight is 464 g/mol. The molecule has 0 spiro atoms. The minimum Gasteiger partial charge on any atom is -0.309 e. The predicted octanol–water partition coefficient (Wildman–Crippen LogP) is 5.77. The zero-order chi connectivity index (χ0) is 22.4. The number of hydrogen-bond donors (Lipinski definition) is 2. The van der Waals surface area contributed by atoms with Crippen molar-refractivity contribution in [3.8, 4) is 0 Å². The lowest BCUT2D eigenvalue weighted by molar-refractivity contribution is 0.0254. The standard InChI is InChI=1S/C26H42ClN3S/c1-19(2)25(29-16-20-7-6-8-23(15-20)31-28-5)17-30-14-13-24(26(3,4)18-30)21-9-11-22(27)12-10-21/h6-9,11-12,19,21,23-25,28-29H,10,13-18H2,1-5H3/t21?,23?,24?,25-/m0/s1. The molecule has 1 aliphatic heterocycles. The Labute approximate surface area is 200 Å². The molecule has 31 heavy (non-hydrogen) atoms. The van der Waals surface area contributed by atoms with Gasteiger partial charge in [-0.05, 0) is 62.1 Å². The summed E-state index contributed by atoms with van der Waals surface area (Å²) in [4.78, 5) is 2.71. The highest BCUT2D eigenvalue weighted by molar-refractivity contribution is 7.98. The number of allylic oxidation sites excluding steroid dienone is 6. The van der Waals surface area contributed by atoms with Crippen LogP contribution in [0.2, 0.25) is 0 Å². The van der Waals surface area contributed by atoms with Gasteiger partial charge in [-0.1, -0.05) is 87.2 Å². The van der Waals surface area contributed by atoms with Gasteiger partial charge < -0.3 is 10.2 Å². The Hall–Kier alpha value is -0.520. The summed E-state index contributed by atoms with van der Waals surface area (Å²) in [6.07, 6.45) is 17.0. The summed E-state index contributed by atoms with van der Waals surface area (Å²) in [5.41, 5.74) is 1.83. The molecule has 0 amide bonds. The van der Waals surface area contributed by atoms with E-state index in [1.807, 2.05) is 19.0 Å². The lowest BCUT2D eigenvalue weighted by Gasteiger charge is -2.48. The highest BCUT2D eigenvalue weighted by atomic mass is 35.5. The Morgan fingerprint density at radius 1 is 1.29 bits per heavy atom. The quantitative estimate of drug-likeness (QED) is 0.424. The molecule has 0 aromatic carbocycles. The average Bonchev–Trinajstić information content (AvgIpc) is 2.72. The van der Waals surface area contributed by atoms with Crippen LogP contribution in [0.25, 0.3) is 0 Å². The second kappa shape index (κ2) is 11.6. The van der Waals surface area contributed by atoms with Crippen LogP contribution < -0.4 is 10.0 Å². The molecule has 3 rings (SSSR count). The summed E-state index contributed by atoms with van der Waals surface area (Å²) in [5.74, 6) is 1.98. The first-order valence-corrected chi connectivity index (χ1v) is 13.2. The van der Waals surface area contributed by atoms with Crippen LogP contribution in [0.4, 0.5) is 0 Å². The first-order chi connectivity index (χ1) is 14.8. The van der Waals surface area contributed by atoms with Crippen LogP contribution in [-0.4, -0.2) is 49.4 Å². The van der Waals surface area contributed by atoms with Crippen molar-refractivity contribution < 1.29 is 0 Å². The number of halogens is 1. The van der Waals surface area contributed by atoms with E-state index in [4.69, 9.17) is 11.6 Å². The van der Waals surface area contributed by atoms with E-state index < -0.39 is 0 Å². The van der Waals surface area contributed by atoms with Gasteiger partial charge in [-0.15, -0.1) is 0 Å². The Kier molecular flexibility index (Phi) is 9.36. The van der Waals surface area contributed by atoms with Gasteiger partial charge in [0, 0.05) is 36.0 Å². The number of likely N-dealkylation sites (tertiary alicyclic amines) is 1. The number of nitrogens with one attached hydrogen (secondary N) is 2. The molecular weight excluding hydrogens is 422 g/mol. The van der Waals surface area contributed by atoms with Gasteiger partial charge in [0.15, 0.2) is 0 Å². The monoisotopic (exact) mass is 463 g/mol. The molecule has 0 aromatic heterocycles. The second-order valence-electron chi connectivity index (χ2n) is 10.5. The van der Waals surface area contributed by atoms with Crippen LogP contribution in [0.15, 0.2) is 47.1 Å². The molecule has 3 nitrogen and oxygen atoms in total. The minimum absolute atomic E-state index is 0.320. The Bertz CT molecular complexity index is 709. The van der Waals surface area contributed by atoms with Crippen molar-refractivity contribution in [2.45, 2.75) is 58.2 Å². The highest BCUT2D eigenvalue weighted by Crippen LogP contribution is 2.43. The number of hydrogen-bond acceptors (Lipinski definition) is 4. The Morgan fingerprint density at radius 2 is 2.10 bits per heavy atom. The molecule has 2 aliphatic carbocycles. The van der Waals surface area contributed by atoms with E-state index >= 15 is 0 Å². The van der Waals surface area contributed by atoms with E-state index in [9.17, 15) is 0 Å². The number of rotatable bonds is 9. The van der Waals surface area contributed by atoms with Gasteiger partial charge in [0.05, 0.1) is 0 Å². The zero-order valence-corrected chi connectivity index (χ0v) is 21.6. The maximum atomic E-state index is 6.16. The van der Waals surface area contributed by atoms with E-state index in [-0.39, 0.29) is 0 Å². The number of piperidine rings is 1. The molecule has 3 aliphatic rings. The zero-order valence-electron chi connectivity index (χ0n) is 20.0. The van der Waals surface area contributed by atoms with Crippen molar-refractivity contribution in [2.75, 3.05) is 33.2 Å². The van der Waals surface area contributed by atoms with Crippen molar-refractivity contribution in [3.05, 3.63) is 47.1 Å². The van der Waals surface area contributed by atoms with Crippen molar-refractivity contribution >= 4 is 23.5 Å². The van der Waals surface area contributed by atoms with Gasteiger partial charge >= 0.3 is 0 Å². The third-order valence-electron chi connectivity index (χ3n) is 7.24. The molecule has 0 saturated carbocycles. The fraction of sp³-hybridized carbons (Fsp3) is 0.692. The maximum absolute atomic E-state index is 6.16. The molecule has 1 fully saturated rings. The summed E-state index contributed by atoms with van der Waals surface area (Å²) < 4.78 is 3.23. The normalized spacial score (nSPS) is 29.7. The van der Waals surface area contributed by atoms with Crippen LogP contribution >= 0.6 is 23.5 Å². The van der Waals surface area contributed by atoms with E-state index in [0.29, 0.717) is 28.5 Å². The molecule has 3 unspecified atom stereocenters. The van der Waals surface area contributed by atoms with Crippen LogP contribution in [-0.2, 0) is 0 Å². The fourth-order valence-corrected chi connectivity index (χ4v) is 6.40. The molecule has 2 N–H and O–H groups in total. The molecule has 0 aromatic rings. The smallest absolute Gasteiger partial charge is 0.0413 e. The SMILES string of the molecule is CNSC1C=CC=C(CN[C@@H](CN2CCC(C3C=CC(Cl)=CC3)C(C)(C)C2)C(C)C)C1. The first kappa shape index (κ1) is 25.1. The van der Waals surface area contributed by atoms with Crippen LogP contribution in [0, 0.1) is 23.2 Å². The second-order valence-corrected chi connectivity index (χ2v) is 12.2. The van der Waals surface area contributed by atoms with Crippen LogP contribution in [0.1, 0.15) is 47.0 Å². The first-order valence-electron chi connectivity index (χ1n) is 12.0. The van der Waals surface area contributed by atoms with Crippen LogP contribution in [0.5, 0.6) is 0 Å². The molecule has 174 valence electrons. The van der Waals surface area contributed by atoms with Gasteiger partial charge in [-0.25, -0.2) is 0 Å². The largest absolute Gasteiger partial charge is 0.309 e. The van der Waals surface area contributed by atoms with Gasteiger partial charge in [0.2, 0.25) is 0 Å². The third-order valence-corrected chi connectivity index (χ3v) is 8.38. The fourth-order valence-electron chi connectivity index (χ4n) is 5.47. The van der Waals surface area contributed by atoms with Gasteiger partial charge in [0.1, 0.15) is 0 Å². The van der Waals surface area contributed by atoms with Crippen molar-refractivity contribution in [3.63, 3.8) is 0 Å². The summed E-state index contributed by atoms with van der Waals surface area (Å²) in [7, 11) is 2.00. The topological polar surface area (TPSA) is 27.3 Å². The molecule has 4 atom stereocenters. The van der Waals surface area contributed by atoms with Gasteiger partial charge in [-0.2, -0.15) is 0 Å². The molecule has 0 radical (unpaired) electrons. The highest BCUT2D eigenvalue weighted by Gasteiger charge is 2.40. The summed E-state index contributed by atoms with van der Waals surface area (Å²) in [6.45, 7) is 14.2. The van der Waals surface area contributed by atoms with E-state index in [1.54, 1.807) is 0 Å². The van der Waals surface area contributed by atoms with E-state index in [0.717, 1.165) is 36.9 Å². The van der Waals surface area contributed by atoms with Crippen molar-refractivity contribution in [1.82, 2.24) is 14.9 Å². The molecule has 0 bridgehead atoms. The Morgan fingerprint density at radius 3 is 2.74 bits per heavy atom. The lowest BCUT2D eigenvalue weighted by atomic mass is 9.66. The van der Waals surface area contributed by atoms with E-state index in [1.165, 1.54) is 25.1 Å². The van der Waals surface area contributed by atoms with Gasteiger partial charge in [-0.3, -0.25) is 4.72 Å². The van der Waals surface area contributed by atoms with E-state index in [2.05, 4.69) is 79.1 Å². The third kappa shape index (κ3) is 7.23. The number of nitrogens with zero attached hydrogens (tertiary/aromatic N) is 1. The summed E-state index contributed by atoms with van der Waals surface area (Å²) in [6, 6.07) is 0.519.